The molecular formula is C8H11IN4. The van der Waals surface area contributed by atoms with Gasteiger partial charge in [-0.3, -0.25) is 11.6 Å². The molecule has 5 heteroatoms. The molecule has 13 heavy (non-hydrogen) atoms. The number of anilines is 1. The van der Waals surface area contributed by atoms with Crippen LogP contribution in [0.2, 0.25) is 0 Å². The molecule has 0 aliphatic heterocycles. The van der Waals surface area contributed by atoms with Gasteiger partial charge in [0.25, 0.3) is 0 Å². The van der Waals surface area contributed by atoms with Gasteiger partial charge in [0, 0.05) is 0 Å². The van der Waals surface area contributed by atoms with Crippen molar-refractivity contribution >= 4 is 17.0 Å². The molecule has 0 radical (unpaired) electrons. The summed E-state index contributed by atoms with van der Waals surface area (Å²) in [4.78, 5) is 0. The van der Waals surface area contributed by atoms with Crippen LogP contribution in [0.25, 0.3) is 11.0 Å². The molecule has 0 amide bonds. The summed E-state index contributed by atoms with van der Waals surface area (Å²) in [5.41, 5.74) is 7.70. The van der Waals surface area contributed by atoms with Crippen LogP contribution in [0.4, 0.5) is 5.95 Å². The van der Waals surface area contributed by atoms with Gasteiger partial charge in [0.1, 0.15) is 5.52 Å². The van der Waals surface area contributed by atoms with E-state index in [1.807, 2.05) is 35.9 Å². The van der Waals surface area contributed by atoms with Crippen LogP contribution in [-0.4, -0.2) is 4.68 Å². The number of aryl methyl sites for hydroxylation is 1. The molecular weight excluding hydrogens is 279 g/mol. The lowest BCUT2D eigenvalue weighted by atomic mass is 10.3. The normalized spacial score (nSPS) is 9.92. The van der Waals surface area contributed by atoms with Crippen molar-refractivity contribution in [2.75, 3.05) is 11.6 Å². The van der Waals surface area contributed by atoms with E-state index in [0.717, 1.165) is 11.0 Å². The van der Waals surface area contributed by atoms with Crippen molar-refractivity contribution in [3.05, 3.63) is 24.3 Å². The highest BCUT2D eigenvalue weighted by molar-refractivity contribution is 5.73. The molecule has 0 spiro atoms. The molecule has 1 heterocycles. The Morgan fingerprint density at radius 3 is 2.54 bits per heavy atom. The first-order chi connectivity index (χ1) is 5.72. The quantitative estimate of drug-likeness (QED) is 0.304. The Morgan fingerprint density at radius 1 is 1.31 bits per heavy atom. The van der Waals surface area contributed by atoms with E-state index in [1.54, 1.807) is 0 Å². The third-order valence-electron chi connectivity index (χ3n) is 2.09. The minimum Gasteiger partial charge on any atom is -1.00 e. The Morgan fingerprint density at radius 2 is 1.92 bits per heavy atom. The SMILES string of the molecule is C[n+]1c(N)n(N)c2ccccc21.[I-]. The zero-order valence-electron chi connectivity index (χ0n) is 7.24. The maximum atomic E-state index is 5.72. The third-order valence-corrected chi connectivity index (χ3v) is 2.09. The van der Waals surface area contributed by atoms with Crippen LogP contribution < -0.4 is 40.1 Å². The van der Waals surface area contributed by atoms with Gasteiger partial charge in [-0.05, 0) is 12.1 Å². The number of imidazole rings is 1. The molecule has 2 aromatic rings. The van der Waals surface area contributed by atoms with Gasteiger partial charge in [-0.15, -0.1) is 4.68 Å². The van der Waals surface area contributed by atoms with Gasteiger partial charge >= 0.3 is 5.95 Å². The lowest BCUT2D eigenvalue weighted by Gasteiger charge is -1.86. The number of nitrogen functional groups attached to an aromatic ring is 2. The fourth-order valence-corrected chi connectivity index (χ4v) is 1.36. The van der Waals surface area contributed by atoms with E-state index in [2.05, 4.69) is 0 Å². The Labute approximate surface area is 93.1 Å². The predicted octanol–water partition coefficient (Wildman–Crippen LogP) is -3.23. The molecule has 0 atom stereocenters. The first-order valence-corrected chi connectivity index (χ1v) is 3.72. The summed E-state index contributed by atoms with van der Waals surface area (Å²) in [6.07, 6.45) is 0. The van der Waals surface area contributed by atoms with E-state index >= 15 is 0 Å². The summed E-state index contributed by atoms with van der Waals surface area (Å²) >= 11 is 0. The van der Waals surface area contributed by atoms with E-state index in [1.165, 1.54) is 4.68 Å². The molecule has 0 saturated carbocycles. The summed E-state index contributed by atoms with van der Waals surface area (Å²) < 4.78 is 3.34. The first kappa shape index (κ1) is 10.1. The van der Waals surface area contributed by atoms with Gasteiger partial charge in [-0.2, -0.15) is 0 Å². The van der Waals surface area contributed by atoms with Gasteiger partial charge in [0.05, 0.1) is 7.05 Å². The van der Waals surface area contributed by atoms with Crippen molar-refractivity contribution in [3.63, 3.8) is 0 Å². The van der Waals surface area contributed by atoms with Gasteiger partial charge in [0.15, 0.2) is 5.52 Å². The molecule has 4 N–H and O–H groups in total. The number of halogens is 1. The highest BCUT2D eigenvalue weighted by Gasteiger charge is 2.14. The lowest BCUT2D eigenvalue weighted by Crippen LogP contribution is -3.00. The smallest absolute Gasteiger partial charge is 0.377 e. The van der Waals surface area contributed by atoms with E-state index in [-0.39, 0.29) is 24.0 Å². The molecule has 0 fully saturated rings. The van der Waals surface area contributed by atoms with Crippen molar-refractivity contribution in [2.24, 2.45) is 7.05 Å². The summed E-state index contributed by atoms with van der Waals surface area (Å²) in [5, 5.41) is 0. The largest absolute Gasteiger partial charge is 1.00 e. The molecule has 1 aromatic heterocycles. The van der Waals surface area contributed by atoms with Gasteiger partial charge in [-0.1, -0.05) is 12.1 Å². The topological polar surface area (TPSA) is 60.8 Å². The zero-order chi connectivity index (χ0) is 8.72. The molecule has 0 aliphatic carbocycles. The molecule has 0 aliphatic rings. The minimum absolute atomic E-state index is 0. The number of hydrogen-bond donors (Lipinski definition) is 2. The summed E-state index contributed by atoms with van der Waals surface area (Å²) in [6.45, 7) is 0. The van der Waals surface area contributed by atoms with Gasteiger partial charge in [0.2, 0.25) is 0 Å². The molecule has 0 bridgehead atoms. The summed E-state index contributed by atoms with van der Waals surface area (Å²) in [5.74, 6) is 6.26. The maximum absolute atomic E-state index is 5.72. The molecule has 0 unspecified atom stereocenters. The number of rotatable bonds is 0. The van der Waals surface area contributed by atoms with Crippen LogP contribution in [0.5, 0.6) is 0 Å². The van der Waals surface area contributed by atoms with Crippen molar-refractivity contribution in [3.8, 4) is 0 Å². The van der Waals surface area contributed by atoms with Crippen molar-refractivity contribution in [1.29, 1.82) is 0 Å². The number of nitrogens with zero attached hydrogens (tertiary/aromatic N) is 2. The average Bonchev–Trinajstić information content (AvgIpc) is 2.33. The standard InChI is InChI=1S/C8H10N4.HI/c1-11-6-4-2-3-5-7(6)12(10)8(11)9;/h2-5,9H,10H2,1H3;1H. The summed E-state index contributed by atoms with van der Waals surface area (Å²) in [6, 6.07) is 7.81. The number of fused-ring (bicyclic) bond motifs is 1. The monoisotopic (exact) mass is 290 g/mol. The van der Waals surface area contributed by atoms with E-state index in [0.29, 0.717) is 5.95 Å². The third kappa shape index (κ3) is 1.32. The van der Waals surface area contributed by atoms with Crippen molar-refractivity contribution in [2.45, 2.75) is 0 Å². The average molecular weight is 290 g/mol. The zero-order valence-corrected chi connectivity index (χ0v) is 9.39. The van der Waals surface area contributed by atoms with Crippen LogP contribution in [0.3, 0.4) is 0 Å². The van der Waals surface area contributed by atoms with Gasteiger partial charge in [-0.25, -0.2) is 4.57 Å². The number of aromatic nitrogens is 2. The van der Waals surface area contributed by atoms with Crippen LogP contribution in [0, 0.1) is 0 Å². The molecule has 1 aromatic carbocycles. The summed E-state index contributed by atoms with van der Waals surface area (Å²) in [7, 11) is 1.89. The Kier molecular flexibility index (Phi) is 2.65. The highest BCUT2D eigenvalue weighted by Crippen LogP contribution is 2.10. The predicted molar refractivity (Wildman–Crippen MR) is 47.7 cm³/mol. The Hall–Kier alpha value is -0.980. The second-order valence-corrected chi connectivity index (χ2v) is 2.78. The van der Waals surface area contributed by atoms with Crippen LogP contribution >= 0.6 is 0 Å². The van der Waals surface area contributed by atoms with E-state index in [4.69, 9.17) is 11.6 Å². The Balaban J connectivity index is 0.000000845. The highest BCUT2D eigenvalue weighted by atomic mass is 127. The first-order valence-electron chi connectivity index (χ1n) is 3.72. The minimum atomic E-state index is 0. The van der Waals surface area contributed by atoms with Crippen molar-refractivity contribution < 1.29 is 28.5 Å². The number of nitrogens with two attached hydrogens (primary N) is 2. The molecule has 4 nitrogen and oxygen atoms in total. The second-order valence-electron chi connectivity index (χ2n) is 2.78. The van der Waals surface area contributed by atoms with E-state index < -0.39 is 0 Å². The van der Waals surface area contributed by atoms with Crippen LogP contribution in [-0.2, 0) is 7.05 Å². The Bertz CT molecular complexity index is 396. The van der Waals surface area contributed by atoms with Crippen molar-refractivity contribution in [1.82, 2.24) is 4.68 Å². The number of hydrogen-bond acceptors (Lipinski definition) is 2. The molecule has 70 valence electrons. The van der Waals surface area contributed by atoms with Gasteiger partial charge < -0.3 is 24.0 Å². The maximum Gasteiger partial charge on any atom is 0.377 e. The lowest BCUT2D eigenvalue weighted by molar-refractivity contribution is -0.630. The second kappa shape index (κ2) is 3.41. The van der Waals surface area contributed by atoms with Crippen LogP contribution in [0.15, 0.2) is 24.3 Å². The number of para-hydroxylation sites is 2. The molecule has 0 saturated heterocycles. The number of benzene rings is 1. The molecule has 2 rings (SSSR count). The fraction of sp³-hybridized carbons (Fsp3) is 0.125. The van der Waals surface area contributed by atoms with E-state index in [9.17, 15) is 0 Å². The fourth-order valence-electron chi connectivity index (χ4n) is 1.36. The van der Waals surface area contributed by atoms with Crippen LogP contribution in [0.1, 0.15) is 0 Å².